The molecule has 0 amide bonds. The second-order valence-corrected chi connectivity index (χ2v) is 6.72. The zero-order valence-corrected chi connectivity index (χ0v) is 14.5. The second kappa shape index (κ2) is 7.77. The van der Waals surface area contributed by atoms with Gasteiger partial charge in [0, 0.05) is 30.9 Å². The fourth-order valence-corrected chi connectivity index (χ4v) is 3.28. The Labute approximate surface area is 143 Å². The van der Waals surface area contributed by atoms with Gasteiger partial charge in [0.15, 0.2) is 0 Å². The minimum Gasteiger partial charge on any atom is -0.393 e. The van der Waals surface area contributed by atoms with Gasteiger partial charge in [-0.1, -0.05) is 12.1 Å². The number of aliphatic hydroxyl groups excluding tert-OH is 1. The summed E-state index contributed by atoms with van der Waals surface area (Å²) in [4.78, 5) is 6.32. The Hall–Kier alpha value is -1.92. The topological polar surface area (TPSA) is 66.2 Å². The van der Waals surface area contributed by atoms with E-state index in [1.54, 1.807) is 12.7 Å². The first-order valence-corrected chi connectivity index (χ1v) is 8.73. The molecule has 6 nitrogen and oxygen atoms in total. The van der Waals surface area contributed by atoms with E-state index in [2.05, 4.69) is 58.4 Å². The number of anilines is 1. The van der Waals surface area contributed by atoms with E-state index in [4.69, 9.17) is 0 Å². The van der Waals surface area contributed by atoms with Crippen LogP contribution in [0.25, 0.3) is 0 Å². The zero-order chi connectivity index (χ0) is 16.9. The maximum Gasteiger partial charge on any atom is 0.137 e. The molecule has 0 saturated carbocycles. The molecule has 2 heterocycles. The highest BCUT2D eigenvalue weighted by atomic mass is 16.3. The predicted octanol–water partition coefficient (Wildman–Crippen LogP) is 1.98. The number of benzene rings is 1. The van der Waals surface area contributed by atoms with Crippen molar-refractivity contribution in [2.24, 2.45) is 0 Å². The molecule has 1 aliphatic rings. The monoisotopic (exact) mass is 329 g/mol. The highest BCUT2D eigenvalue weighted by Crippen LogP contribution is 2.22. The largest absolute Gasteiger partial charge is 0.393 e. The van der Waals surface area contributed by atoms with Crippen LogP contribution in [0.3, 0.4) is 0 Å². The normalized spacial score (nSPS) is 18.5. The van der Waals surface area contributed by atoms with Crippen molar-refractivity contribution in [1.82, 2.24) is 20.1 Å². The molecular weight excluding hydrogens is 302 g/mol. The third-order valence-corrected chi connectivity index (χ3v) is 4.68. The van der Waals surface area contributed by atoms with E-state index in [1.807, 2.05) is 4.68 Å². The van der Waals surface area contributed by atoms with E-state index in [0.29, 0.717) is 6.04 Å². The van der Waals surface area contributed by atoms with E-state index in [1.165, 1.54) is 11.3 Å². The van der Waals surface area contributed by atoms with E-state index in [9.17, 15) is 5.11 Å². The van der Waals surface area contributed by atoms with Crippen molar-refractivity contribution in [2.75, 3.05) is 18.0 Å². The van der Waals surface area contributed by atoms with E-state index >= 15 is 0 Å². The fourth-order valence-electron chi connectivity index (χ4n) is 3.28. The highest BCUT2D eigenvalue weighted by molar-refractivity contribution is 5.48. The molecule has 2 aromatic rings. The van der Waals surface area contributed by atoms with Crippen LogP contribution in [-0.2, 0) is 6.54 Å². The van der Waals surface area contributed by atoms with Gasteiger partial charge in [-0.25, -0.2) is 4.98 Å². The number of nitrogens with one attached hydrogen (secondary N) is 1. The van der Waals surface area contributed by atoms with Gasteiger partial charge in [0.05, 0.1) is 12.6 Å². The molecule has 2 atom stereocenters. The van der Waals surface area contributed by atoms with Crippen LogP contribution in [0.15, 0.2) is 36.9 Å². The van der Waals surface area contributed by atoms with Crippen molar-refractivity contribution in [3.05, 3.63) is 42.5 Å². The third kappa shape index (κ3) is 4.33. The number of hydrogen-bond acceptors (Lipinski definition) is 5. The Bertz CT molecular complexity index is 605. The quantitative estimate of drug-likeness (QED) is 0.848. The summed E-state index contributed by atoms with van der Waals surface area (Å²) in [6, 6.07) is 9.35. The zero-order valence-electron chi connectivity index (χ0n) is 14.5. The van der Waals surface area contributed by atoms with Crippen molar-refractivity contribution in [1.29, 1.82) is 0 Å². The number of aliphatic hydroxyl groups is 1. The molecular formula is C18H27N5O. The second-order valence-electron chi connectivity index (χ2n) is 6.72. The number of rotatable bonds is 6. The Morgan fingerprint density at radius 3 is 2.54 bits per heavy atom. The molecule has 1 aromatic carbocycles. The fraction of sp³-hybridized carbons (Fsp3) is 0.556. The van der Waals surface area contributed by atoms with Crippen LogP contribution < -0.4 is 10.2 Å². The summed E-state index contributed by atoms with van der Waals surface area (Å²) in [5.41, 5.74) is 2.52. The average Bonchev–Trinajstić information content (AvgIpc) is 3.08. The average molecular weight is 329 g/mol. The van der Waals surface area contributed by atoms with Crippen LogP contribution in [0.5, 0.6) is 0 Å². The summed E-state index contributed by atoms with van der Waals surface area (Å²) in [5.74, 6) is 0. The van der Waals surface area contributed by atoms with Crippen molar-refractivity contribution >= 4 is 5.69 Å². The van der Waals surface area contributed by atoms with Crippen molar-refractivity contribution < 1.29 is 5.11 Å². The molecule has 24 heavy (non-hydrogen) atoms. The first-order chi connectivity index (χ1) is 11.6. The minimum atomic E-state index is -0.129. The molecule has 2 N–H and O–H groups in total. The Kier molecular flexibility index (Phi) is 5.48. The molecule has 2 unspecified atom stereocenters. The van der Waals surface area contributed by atoms with Crippen LogP contribution in [0, 0.1) is 0 Å². The SMILES string of the molecule is CC(Cn1cncn1)NC(C)c1ccc(N2CCC(O)CC2)cc1. The Morgan fingerprint density at radius 1 is 1.21 bits per heavy atom. The lowest BCUT2D eigenvalue weighted by Gasteiger charge is -2.31. The molecule has 0 aliphatic carbocycles. The van der Waals surface area contributed by atoms with E-state index < -0.39 is 0 Å². The summed E-state index contributed by atoms with van der Waals surface area (Å²) < 4.78 is 1.85. The third-order valence-electron chi connectivity index (χ3n) is 4.68. The molecule has 1 aromatic heterocycles. The summed E-state index contributed by atoms with van der Waals surface area (Å²) >= 11 is 0. The number of hydrogen-bond donors (Lipinski definition) is 2. The van der Waals surface area contributed by atoms with Crippen LogP contribution in [-0.4, -0.2) is 45.1 Å². The van der Waals surface area contributed by atoms with Gasteiger partial charge in [0.25, 0.3) is 0 Å². The maximum absolute atomic E-state index is 9.62. The predicted molar refractivity (Wildman–Crippen MR) is 94.9 cm³/mol. The first kappa shape index (κ1) is 16.9. The van der Waals surface area contributed by atoms with Gasteiger partial charge < -0.3 is 15.3 Å². The van der Waals surface area contributed by atoms with Gasteiger partial charge in [-0.15, -0.1) is 0 Å². The van der Waals surface area contributed by atoms with Gasteiger partial charge in [-0.3, -0.25) is 4.68 Å². The number of aromatic nitrogens is 3. The van der Waals surface area contributed by atoms with E-state index in [0.717, 1.165) is 32.5 Å². The summed E-state index contributed by atoms with van der Waals surface area (Å²) in [6.07, 6.45) is 4.90. The summed E-state index contributed by atoms with van der Waals surface area (Å²) in [6.45, 7) is 7.01. The molecule has 130 valence electrons. The van der Waals surface area contributed by atoms with Crippen LogP contribution >= 0.6 is 0 Å². The van der Waals surface area contributed by atoms with Gasteiger partial charge >= 0.3 is 0 Å². The molecule has 1 fully saturated rings. The standard InChI is InChI=1S/C18H27N5O/c1-14(11-23-13-19-12-20-23)21-15(2)16-3-5-17(6-4-16)22-9-7-18(24)8-10-22/h3-6,12-15,18,21,24H,7-11H2,1-2H3. The minimum absolute atomic E-state index is 0.129. The lowest BCUT2D eigenvalue weighted by atomic mass is 10.0. The molecule has 1 aliphatic heterocycles. The molecule has 0 radical (unpaired) electrons. The van der Waals surface area contributed by atoms with Crippen molar-refractivity contribution in [3.63, 3.8) is 0 Å². The van der Waals surface area contributed by atoms with Crippen molar-refractivity contribution in [3.8, 4) is 0 Å². The lowest BCUT2D eigenvalue weighted by molar-refractivity contribution is 0.145. The van der Waals surface area contributed by atoms with Crippen molar-refractivity contribution in [2.45, 2.75) is 51.4 Å². The Morgan fingerprint density at radius 2 is 1.92 bits per heavy atom. The lowest BCUT2D eigenvalue weighted by Crippen LogP contribution is -2.35. The molecule has 0 spiro atoms. The van der Waals surface area contributed by atoms with Crippen LogP contribution in [0.2, 0.25) is 0 Å². The number of nitrogens with zero attached hydrogens (tertiary/aromatic N) is 4. The maximum atomic E-state index is 9.62. The van der Waals surface area contributed by atoms with Gasteiger partial charge in [-0.05, 0) is 44.4 Å². The molecule has 0 bridgehead atoms. The summed E-state index contributed by atoms with van der Waals surface area (Å²) in [5, 5.41) is 17.4. The van der Waals surface area contributed by atoms with Gasteiger partial charge in [-0.2, -0.15) is 5.10 Å². The molecule has 3 rings (SSSR count). The number of piperidine rings is 1. The smallest absolute Gasteiger partial charge is 0.137 e. The molecule has 6 heteroatoms. The van der Waals surface area contributed by atoms with Crippen LogP contribution in [0.4, 0.5) is 5.69 Å². The highest BCUT2D eigenvalue weighted by Gasteiger charge is 2.17. The van der Waals surface area contributed by atoms with Crippen LogP contribution in [0.1, 0.15) is 38.3 Å². The van der Waals surface area contributed by atoms with Gasteiger partial charge in [0.2, 0.25) is 0 Å². The summed E-state index contributed by atoms with van der Waals surface area (Å²) in [7, 11) is 0. The molecule has 1 saturated heterocycles. The Balaban J connectivity index is 1.54. The first-order valence-electron chi connectivity index (χ1n) is 8.73. The van der Waals surface area contributed by atoms with Gasteiger partial charge in [0.1, 0.15) is 12.7 Å². The van der Waals surface area contributed by atoms with E-state index in [-0.39, 0.29) is 12.1 Å².